The summed E-state index contributed by atoms with van der Waals surface area (Å²) in [6, 6.07) is 14.1. The molecule has 2 heterocycles. The summed E-state index contributed by atoms with van der Waals surface area (Å²) in [5.74, 6) is -0.989. The molecule has 0 amide bonds. The molecular weight excluding hydrogens is 400 g/mol. The lowest BCUT2D eigenvalue weighted by Crippen LogP contribution is -2.01. The van der Waals surface area contributed by atoms with Crippen molar-refractivity contribution in [2.24, 2.45) is 0 Å². The fourth-order valence-electron chi connectivity index (χ4n) is 2.29. The summed E-state index contributed by atoms with van der Waals surface area (Å²) >= 11 is 0. The van der Waals surface area contributed by atoms with E-state index in [1.54, 1.807) is 16.8 Å². The second-order valence-electron chi connectivity index (χ2n) is 5.60. The molecule has 0 saturated heterocycles. The molecule has 0 atom stereocenters. The first-order valence-electron chi connectivity index (χ1n) is 7.94. The van der Waals surface area contributed by atoms with Crippen LogP contribution in [-0.4, -0.2) is 51.5 Å². The number of nitrogens with zero attached hydrogens (tertiary/aromatic N) is 8. The van der Waals surface area contributed by atoms with Crippen molar-refractivity contribution < 1.29 is 9.90 Å². The molecule has 4 rings (SSSR count). The molecule has 10 nitrogen and oxygen atoms in total. The van der Waals surface area contributed by atoms with E-state index in [4.69, 9.17) is 5.11 Å². The van der Waals surface area contributed by atoms with Gasteiger partial charge in [0.2, 0.25) is 10.3 Å². The molecule has 0 radical (unpaired) electrons. The lowest BCUT2D eigenvalue weighted by molar-refractivity contribution is 0.0697. The van der Waals surface area contributed by atoms with Crippen molar-refractivity contribution in [3.63, 3.8) is 0 Å². The summed E-state index contributed by atoms with van der Waals surface area (Å²) < 4.78 is 3.15. The Bertz CT molecular complexity index is 1110. The maximum Gasteiger partial charge on any atom is 0.335 e. The van der Waals surface area contributed by atoms with Gasteiger partial charge in [-0.2, -0.15) is 9.36 Å². The number of hydrogen-bond donors (Lipinski definition) is 1. The van der Waals surface area contributed by atoms with Crippen molar-refractivity contribution in [3.05, 3.63) is 59.7 Å². The number of aryl methyl sites for hydroxylation is 1. The molecule has 2 aromatic heterocycles. The highest BCUT2D eigenvalue weighted by Gasteiger charge is 2.15. The van der Waals surface area contributed by atoms with Crippen molar-refractivity contribution in [2.75, 3.05) is 0 Å². The fraction of sp³-hybridized carbons (Fsp3) is 0.0625. The SMILES string of the molecule is Cc1ccc(-n2nnnc2SSc2nnnn2-c2ccc(C(=O)O)cc2)cc1. The van der Waals surface area contributed by atoms with Gasteiger partial charge < -0.3 is 5.11 Å². The normalized spacial score (nSPS) is 10.9. The van der Waals surface area contributed by atoms with Gasteiger partial charge in [0.15, 0.2) is 0 Å². The number of carboxylic acid groups (broad SMARTS) is 1. The first-order valence-corrected chi connectivity index (χ1v) is 10.1. The third kappa shape index (κ3) is 3.73. The van der Waals surface area contributed by atoms with Crippen molar-refractivity contribution in [1.29, 1.82) is 0 Å². The van der Waals surface area contributed by atoms with Crippen LogP contribution in [0.25, 0.3) is 11.4 Å². The molecule has 12 heteroatoms. The molecule has 1 N–H and O–H groups in total. The van der Waals surface area contributed by atoms with Crippen LogP contribution in [0.3, 0.4) is 0 Å². The molecule has 0 spiro atoms. The van der Waals surface area contributed by atoms with Gasteiger partial charge in [-0.1, -0.05) is 17.7 Å². The van der Waals surface area contributed by atoms with E-state index < -0.39 is 5.97 Å². The average molecular weight is 412 g/mol. The first-order chi connectivity index (χ1) is 13.6. The van der Waals surface area contributed by atoms with E-state index in [0.29, 0.717) is 16.0 Å². The third-order valence-corrected chi connectivity index (χ3v) is 5.74. The predicted octanol–water partition coefficient (Wildman–Crippen LogP) is 2.44. The maximum absolute atomic E-state index is 11.0. The quantitative estimate of drug-likeness (QED) is 0.472. The Morgan fingerprint density at radius 3 is 1.75 bits per heavy atom. The molecule has 0 fully saturated rings. The monoisotopic (exact) mass is 412 g/mol. The number of aromatic nitrogens is 8. The zero-order valence-electron chi connectivity index (χ0n) is 14.4. The van der Waals surface area contributed by atoms with E-state index >= 15 is 0 Å². The van der Waals surface area contributed by atoms with E-state index in [2.05, 4.69) is 31.1 Å². The van der Waals surface area contributed by atoms with Gasteiger partial charge in [0.1, 0.15) is 0 Å². The van der Waals surface area contributed by atoms with Crippen LogP contribution in [0.1, 0.15) is 15.9 Å². The molecule has 2 aromatic carbocycles. The average Bonchev–Trinajstić information content (AvgIpc) is 3.36. The smallest absolute Gasteiger partial charge is 0.335 e. The van der Waals surface area contributed by atoms with Crippen LogP contribution in [0.4, 0.5) is 0 Å². The van der Waals surface area contributed by atoms with E-state index in [-0.39, 0.29) is 5.56 Å². The van der Waals surface area contributed by atoms with Crippen molar-refractivity contribution in [2.45, 2.75) is 17.2 Å². The summed E-state index contributed by atoms with van der Waals surface area (Å²) in [7, 11) is 2.61. The maximum atomic E-state index is 11.0. The second-order valence-corrected chi connectivity index (χ2v) is 7.66. The summed E-state index contributed by atoms with van der Waals surface area (Å²) in [5.41, 5.74) is 2.84. The van der Waals surface area contributed by atoms with E-state index in [1.807, 2.05) is 31.2 Å². The van der Waals surface area contributed by atoms with Crippen molar-refractivity contribution in [1.82, 2.24) is 40.4 Å². The minimum atomic E-state index is -0.989. The van der Waals surface area contributed by atoms with Gasteiger partial charge in [-0.15, -0.1) is 10.2 Å². The zero-order chi connectivity index (χ0) is 19.5. The first kappa shape index (κ1) is 18.1. The third-order valence-electron chi connectivity index (χ3n) is 3.71. The fourth-order valence-corrected chi connectivity index (χ4v) is 4.08. The standard InChI is InChI=1S/C16H12N8O2S2/c1-10-2-6-12(7-3-10)23-15(17-19-21-23)27-28-16-18-20-22-24(16)13-8-4-11(5-9-13)14(25)26/h2-9H,1H3,(H,25,26). The number of carbonyl (C=O) groups is 1. The van der Waals surface area contributed by atoms with Crippen LogP contribution in [0, 0.1) is 6.92 Å². The largest absolute Gasteiger partial charge is 0.478 e. The van der Waals surface area contributed by atoms with E-state index in [1.165, 1.54) is 38.4 Å². The highest BCUT2D eigenvalue weighted by atomic mass is 33.1. The van der Waals surface area contributed by atoms with Crippen LogP contribution in [0.2, 0.25) is 0 Å². The molecular formula is C16H12N8O2S2. The molecule has 0 saturated carbocycles. The van der Waals surface area contributed by atoms with Crippen LogP contribution >= 0.6 is 21.6 Å². The molecule has 28 heavy (non-hydrogen) atoms. The molecule has 140 valence electrons. The van der Waals surface area contributed by atoms with Gasteiger partial charge in [-0.3, -0.25) is 0 Å². The Morgan fingerprint density at radius 2 is 1.29 bits per heavy atom. The van der Waals surface area contributed by atoms with Gasteiger partial charge in [0, 0.05) is 0 Å². The summed E-state index contributed by atoms with van der Waals surface area (Å²) in [4.78, 5) is 11.0. The van der Waals surface area contributed by atoms with E-state index in [0.717, 1.165) is 11.3 Å². The predicted molar refractivity (Wildman–Crippen MR) is 102 cm³/mol. The van der Waals surface area contributed by atoms with Crippen LogP contribution < -0.4 is 0 Å². The van der Waals surface area contributed by atoms with Gasteiger partial charge in [0.05, 0.1) is 16.9 Å². The van der Waals surface area contributed by atoms with E-state index in [9.17, 15) is 4.79 Å². The Morgan fingerprint density at radius 1 is 0.821 bits per heavy atom. The molecule has 0 aliphatic heterocycles. The lowest BCUT2D eigenvalue weighted by Gasteiger charge is -2.05. The molecule has 0 bridgehead atoms. The minimum absolute atomic E-state index is 0.192. The highest BCUT2D eigenvalue weighted by molar-refractivity contribution is 8.76. The molecule has 0 aliphatic rings. The van der Waals surface area contributed by atoms with Gasteiger partial charge >= 0.3 is 5.97 Å². The van der Waals surface area contributed by atoms with Crippen LogP contribution in [0.5, 0.6) is 0 Å². The molecule has 0 unspecified atom stereocenters. The highest BCUT2D eigenvalue weighted by Crippen LogP contribution is 2.35. The summed E-state index contributed by atoms with van der Waals surface area (Å²) in [6.45, 7) is 2.01. The summed E-state index contributed by atoms with van der Waals surface area (Å²) in [5, 5.41) is 33.6. The second kappa shape index (κ2) is 7.78. The van der Waals surface area contributed by atoms with Crippen LogP contribution in [0.15, 0.2) is 58.8 Å². The van der Waals surface area contributed by atoms with Gasteiger partial charge in [-0.05, 0) is 85.8 Å². The topological polar surface area (TPSA) is 124 Å². The van der Waals surface area contributed by atoms with Crippen molar-refractivity contribution in [3.8, 4) is 11.4 Å². The number of rotatable bonds is 6. The Kier molecular flexibility index (Phi) is 5.04. The van der Waals surface area contributed by atoms with Crippen molar-refractivity contribution >= 4 is 27.6 Å². The Hall–Kier alpha value is -3.25. The Balaban J connectivity index is 1.53. The number of benzene rings is 2. The van der Waals surface area contributed by atoms with Gasteiger partial charge in [-0.25, -0.2) is 4.79 Å². The number of tetrazole rings is 2. The zero-order valence-corrected chi connectivity index (χ0v) is 16.0. The molecule has 0 aliphatic carbocycles. The Labute approximate surface area is 166 Å². The van der Waals surface area contributed by atoms with Gasteiger partial charge in [0.25, 0.3) is 0 Å². The number of aromatic carboxylic acids is 1. The summed E-state index contributed by atoms with van der Waals surface area (Å²) in [6.07, 6.45) is 0. The number of carboxylic acids is 1. The lowest BCUT2D eigenvalue weighted by atomic mass is 10.2. The number of hydrogen-bond acceptors (Lipinski definition) is 9. The van der Waals surface area contributed by atoms with Crippen LogP contribution in [-0.2, 0) is 0 Å². The molecule has 4 aromatic rings. The minimum Gasteiger partial charge on any atom is -0.478 e.